The number of halogens is 4. The highest BCUT2D eigenvalue weighted by molar-refractivity contribution is 7.92. The Morgan fingerprint density at radius 3 is 2.46 bits per heavy atom. The van der Waals surface area contributed by atoms with E-state index in [0.717, 1.165) is 16.5 Å². The molecule has 1 amide bonds. The van der Waals surface area contributed by atoms with Gasteiger partial charge in [-0.1, -0.05) is 30.3 Å². The van der Waals surface area contributed by atoms with Crippen LogP contribution in [0.3, 0.4) is 0 Å². The summed E-state index contributed by atoms with van der Waals surface area (Å²) in [5.74, 6) is -9.28. The van der Waals surface area contributed by atoms with E-state index in [4.69, 9.17) is 0 Å². The number of hydrogen-bond acceptors (Lipinski definition) is 5. The topological polar surface area (TPSA) is 104 Å². The summed E-state index contributed by atoms with van der Waals surface area (Å²) in [6, 6.07) is 11.0. The smallest absolute Gasteiger partial charge is 0.322 e. The highest BCUT2D eigenvalue weighted by atomic mass is 32.2. The van der Waals surface area contributed by atoms with Gasteiger partial charge >= 0.3 is 11.8 Å². The molecule has 0 spiro atoms. The summed E-state index contributed by atoms with van der Waals surface area (Å²) < 4.78 is 82.6. The first-order valence-corrected chi connectivity index (χ1v) is 14.9. The predicted octanol–water partition coefficient (Wildman–Crippen LogP) is 3.57. The minimum absolute atomic E-state index is 0.0795. The number of aliphatic hydroxyl groups is 1. The minimum atomic E-state index is -4.33. The minimum Gasteiger partial charge on any atom is -0.390 e. The fourth-order valence-electron chi connectivity index (χ4n) is 4.92. The summed E-state index contributed by atoms with van der Waals surface area (Å²) in [6.45, 7) is 0.780. The number of anilines is 1. The quantitative estimate of drug-likeness (QED) is 0.293. The Hall–Kier alpha value is -3.16. The van der Waals surface area contributed by atoms with E-state index in [-0.39, 0.29) is 24.7 Å². The van der Waals surface area contributed by atoms with Crippen LogP contribution >= 0.6 is 0 Å². The number of sulfonamides is 1. The molecule has 3 aromatic rings. The van der Waals surface area contributed by atoms with Crippen molar-refractivity contribution in [1.29, 1.82) is 0 Å². The third kappa shape index (κ3) is 6.52. The average Bonchev–Trinajstić information content (AvgIpc) is 3.24. The SMILES string of the molecule is CCn1cc2c3c(cc(C(=O)N[C@@H](Cc4ccccc4)[C@H](O)CNCC(F)(F)C(C)(F)F)cc31)N(C)S(=O)(=O)CC2. The van der Waals surface area contributed by atoms with Gasteiger partial charge in [0.1, 0.15) is 0 Å². The van der Waals surface area contributed by atoms with Gasteiger partial charge in [0.05, 0.1) is 35.6 Å². The summed E-state index contributed by atoms with van der Waals surface area (Å²) in [7, 11) is -2.19. The molecule has 224 valence electrons. The third-order valence-corrected chi connectivity index (χ3v) is 9.20. The van der Waals surface area contributed by atoms with Crippen molar-refractivity contribution < 1.29 is 35.9 Å². The van der Waals surface area contributed by atoms with Crippen LogP contribution in [0.4, 0.5) is 23.2 Å². The van der Waals surface area contributed by atoms with Crippen LogP contribution < -0.4 is 14.9 Å². The highest BCUT2D eigenvalue weighted by Crippen LogP contribution is 2.37. The van der Waals surface area contributed by atoms with Crippen LogP contribution in [0.1, 0.15) is 35.3 Å². The standard InChI is InChI=1S/C28H34F4N4O4S/c1-4-36-16-19-10-11-41(39,40)35(3)22-13-20(14-23(36)25(19)22)26(38)34-21(12-18-8-6-5-7-9-18)24(37)15-33-17-28(31,32)27(2,29)30/h5-9,13-14,16,21,24,33,37H,4,10-12,15,17H2,1-3H3,(H,34,38)/t21-,24+/m0/s1. The molecule has 0 radical (unpaired) electrons. The van der Waals surface area contributed by atoms with Crippen molar-refractivity contribution in [1.82, 2.24) is 15.2 Å². The molecule has 0 aliphatic carbocycles. The maximum Gasteiger partial charge on any atom is 0.322 e. The number of aliphatic hydroxyl groups excluding tert-OH is 1. The molecular weight excluding hydrogens is 564 g/mol. The van der Waals surface area contributed by atoms with E-state index >= 15 is 0 Å². The van der Waals surface area contributed by atoms with Gasteiger partial charge in [-0.05, 0) is 43.0 Å². The molecule has 1 aliphatic rings. The Kier molecular flexibility index (Phi) is 8.72. The molecule has 0 unspecified atom stereocenters. The van der Waals surface area contributed by atoms with Gasteiger partial charge in [0.25, 0.3) is 5.91 Å². The number of carbonyl (C=O) groups is 1. The van der Waals surface area contributed by atoms with Crippen molar-refractivity contribution in [3.63, 3.8) is 0 Å². The first kappa shape index (κ1) is 30.8. The number of hydrogen-bond donors (Lipinski definition) is 3. The summed E-state index contributed by atoms with van der Waals surface area (Å²) in [5, 5.41) is 16.6. The molecule has 3 N–H and O–H groups in total. The summed E-state index contributed by atoms with van der Waals surface area (Å²) >= 11 is 0. The summed E-state index contributed by atoms with van der Waals surface area (Å²) in [5.41, 5.74) is 2.77. The molecule has 0 bridgehead atoms. The van der Waals surface area contributed by atoms with E-state index in [0.29, 0.717) is 24.2 Å². The lowest BCUT2D eigenvalue weighted by molar-refractivity contribution is -0.194. The second-order valence-electron chi connectivity index (χ2n) is 10.4. The second-order valence-corrected chi connectivity index (χ2v) is 12.5. The van der Waals surface area contributed by atoms with Crippen LogP contribution in [0.15, 0.2) is 48.7 Å². The Bertz CT molecular complexity index is 1510. The lowest BCUT2D eigenvalue weighted by atomic mass is 9.99. The van der Waals surface area contributed by atoms with Gasteiger partial charge in [-0.2, -0.15) is 8.78 Å². The average molecular weight is 599 g/mol. The fraction of sp³-hybridized carbons (Fsp3) is 0.464. The third-order valence-electron chi connectivity index (χ3n) is 7.45. The molecule has 0 saturated heterocycles. The van der Waals surface area contributed by atoms with Crippen molar-refractivity contribution in [2.75, 3.05) is 30.2 Å². The van der Waals surface area contributed by atoms with Gasteiger partial charge in [0.2, 0.25) is 10.0 Å². The zero-order chi connectivity index (χ0) is 30.2. The summed E-state index contributed by atoms with van der Waals surface area (Å²) in [6.07, 6.45) is 0.915. The maximum absolute atomic E-state index is 13.7. The molecule has 13 heteroatoms. The van der Waals surface area contributed by atoms with E-state index in [1.807, 2.05) is 17.7 Å². The first-order valence-electron chi connectivity index (χ1n) is 13.3. The molecule has 1 aromatic heterocycles. The normalized spacial score (nSPS) is 16.8. The summed E-state index contributed by atoms with van der Waals surface area (Å²) in [4.78, 5) is 13.6. The van der Waals surface area contributed by atoms with Crippen molar-refractivity contribution >= 4 is 32.5 Å². The number of nitrogens with one attached hydrogen (secondary N) is 2. The van der Waals surface area contributed by atoms with Crippen molar-refractivity contribution in [2.24, 2.45) is 0 Å². The first-order chi connectivity index (χ1) is 19.1. The van der Waals surface area contributed by atoms with Gasteiger partial charge in [-0.3, -0.25) is 9.10 Å². The lowest BCUT2D eigenvalue weighted by Crippen LogP contribution is -2.52. The number of amides is 1. The number of aromatic nitrogens is 1. The van der Waals surface area contributed by atoms with Crippen LogP contribution in [-0.4, -0.2) is 73.9 Å². The van der Waals surface area contributed by atoms with Crippen LogP contribution in [0.5, 0.6) is 0 Å². The number of rotatable bonds is 11. The van der Waals surface area contributed by atoms with Crippen molar-refractivity contribution in [2.45, 2.75) is 57.2 Å². The fourth-order valence-corrected chi connectivity index (χ4v) is 6.12. The van der Waals surface area contributed by atoms with Crippen molar-refractivity contribution in [3.8, 4) is 0 Å². The Labute approximate surface area is 236 Å². The molecule has 2 atom stereocenters. The monoisotopic (exact) mass is 598 g/mol. The molecule has 8 nitrogen and oxygen atoms in total. The van der Waals surface area contributed by atoms with Gasteiger partial charge in [0, 0.05) is 44.2 Å². The van der Waals surface area contributed by atoms with E-state index < -0.39 is 53.0 Å². The molecule has 1 aliphatic heterocycles. The Morgan fingerprint density at radius 1 is 1.15 bits per heavy atom. The largest absolute Gasteiger partial charge is 0.390 e. The van der Waals surface area contributed by atoms with E-state index in [1.165, 1.54) is 17.4 Å². The Balaban J connectivity index is 1.63. The van der Waals surface area contributed by atoms with Gasteiger partial charge in [0.15, 0.2) is 0 Å². The van der Waals surface area contributed by atoms with Gasteiger partial charge < -0.3 is 20.3 Å². The van der Waals surface area contributed by atoms with Crippen LogP contribution in [0.2, 0.25) is 0 Å². The highest BCUT2D eigenvalue weighted by Gasteiger charge is 2.51. The van der Waals surface area contributed by atoms with Crippen LogP contribution in [0, 0.1) is 0 Å². The molecule has 0 saturated carbocycles. The maximum atomic E-state index is 13.7. The van der Waals surface area contributed by atoms with Crippen molar-refractivity contribution in [3.05, 3.63) is 65.4 Å². The second kappa shape index (κ2) is 11.6. The molecular formula is C28H34F4N4O4S. The van der Waals surface area contributed by atoms with Crippen LogP contribution in [0.25, 0.3) is 10.9 Å². The molecule has 41 heavy (non-hydrogen) atoms. The number of aryl methyl sites for hydroxylation is 2. The molecule has 4 rings (SSSR count). The molecule has 2 heterocycles. The molecule has 2 aromatic carbocycles. The van der Waals surface area contributed by atoms with Gasteiger partial charge in [-0.15, -0.1) is 0 Å². The number of carbonyl (C=O) groups excluding carboxylic acids is 1. The molecule has 0 fully saturated rings. The van der Waals surface area contributed by atoms with Gasteiger partial charge in [-0.25, -0.2) is 17.2 Å². The zero-order valence-corrected chi connectivity index (χ0v) is 23.8. The lowest BCUT2D eigenvalue weighted by Gasteiger charge is -2.27. The van der Waals surface area contributed by atoms with E-state index in [9.17, 15) is 35.9 Å². The van der Waals surface area contributed by atoms with E-state index in [1.54, 1.807) is 36.4 Å². The predicted molar refractivity (Wildman–Crippen MR) is 149 cm³/mol. The van der Waals surface area contributed by atoms with Crippen LogP contribution in [-0.2, 0) is 29.4 Å². The number of nitrogens with zero attached hydrogens (tertiary/aromatic N) is 2. The zero-order valence-electron chi connectivity index (χ0n) is 23.0. The number of benzene rings is 2. The number of alkyl halides is 4. The van der Waals surface area contributed by atoms with E-state index in [2.05, 4.69) is 10.6 Å². The Morgan fingerprint density at radius 2 is 1.83 bits per heavy atom.